The molecule has 150 valence electrons. The van der Waals surface area contributed by atoms with Gasteiger partial charge < -0.3 is 16.5 Å². The third-order valence-corrected chi connectivity index (χ3v) is 5.55. The van der Waals surface area contributed by atoms with Crippen molar-refractivity contribution in [2.75, 3.05) is 11.9 Å². The second-order valence-corrected chi connectivity index (χ2v) is 7.62. The molecule has 0 saturated heterocycles. The first-order valence-corrected chi connectivity index (χ1v) is 9.86. The second kappa shape index (κ2) is 9.01. The monoisotopic (exact) mass is 389 g/mol. The molecule has 1 unspecified atom stereocenters. The van der Waals surface area contributed by atoms with E-state index in [1.165, 1.54) is 35.0 Å². The highest BCUT2D eigenvalue weighted by Gasteiger charge is 2.35. The van der Waals surface area contributed by atoms with Crippen molar-refractivity contribution in [1.29, 1.82) is 5.41 Å². The fourth-order valence-electron chi connectivity index (χ4n) is 3.89. The Labute approximate surface area is 172 Å². The molecule has 4 N–H and O–H groups in total. The Morgan fingerprint density at radius 3 is 2.45 bits per heavy atom. The largest absolute Gasteiger partial charge is 0.355 e. The first kappa shape index (κ1) is 20.7. The molecule has 0 spiro atoms. The Morgan fingerprint density at radius 1 is 1.17 bits per heavy atom. The zero-order valence-corrected chi connectivity index (χ0v) is 16.8. The SMILES string of the molecule is C=CC1(Cc2ccc(C)cc2)CC(C=N)=C(Nc2ccc(F)cc2)C=C1CCN. The van der Waals surface area contributed by atoms with Gasteiger partial charge in [-0.25, -0.2) is 4.39 Å². The molecule has 0 bridgehead atoms. The molecular weight excluding hydrogens is 361 g/mol. The molecule has 1 aliphatic carbocycles. The predicted molar refractivity (Wildman–Crippen MR) is 120 cm³/mol. The maximum atomic E-state index is 13.2. The van der Waals surface area contributed by atoms with Gasteiger partial charge in [0.1, 0.15) is 5.82 Å². The highest BCUT2D eigenvalue weighted by Crippen LogP contribution is 2.45. The molecule has 0 aromatic heterocycles. The van der Waals surface area contributed by atoms with E-state index in [1.807, 2.05) is 6.08 Å². The number of benzene rings is 2. The number of halogens is 1. The number of nitrogens with one attached hydrogen (secondary N) is 2. The zero-order chi connectivity index (χ0) is 20.9. The van der Waals surface area contributed by atoms with Crippen LogP contribution in [-0.2, 0) is 6.42 Å². The molecule has 0 saturated carbocycles. The lowest BCUT2D eigenvalue weighted by Crippen LogP contribution is -2.30. The average Bonchev–Trinajstić information content (AvgIpc) is 2.73. The minimum absolute atomic E-state index is 0.274. The van der Waals surface area contributed by atoms with Crippen molar-refractivity contribution < 1.29 is 4.39 Å². The molecule has 3 nitrogen and oxygen atoms in total. The summed E-state index contributed by atoms with van der Waals surface area (Å²) in [5, 5.41) is 11.3. The summed E-state index contributed by atoms with van der Waals surface area (Å²) in [6.07, 6.45) is 7.72. The molecular formula is C25H28FN3. The smallest absolute Gasteiger partial charge is 0.123 e. The van der Waals surface area contributed by atoms with Crippen LogP contribution in [-0.4, -0.2) is 12.8 Å². The van der Waals surface area contributed by atoms with Crippen LogP contribution in [0.1, 0.15) is 24.0 Å². The highest BCUT2D eigenvalue weighted by atomic mass is 19.1. The van der Waals surface area contributed by atoms with Gasteiger partial charge in [-0.05, 0) is 74.2 Å². The van der Waals surface area contributed by atoms with Crippen LogP contribution in [0.25, 0.3) is 0 Å². The van der Waals surface area contributed by atoms with E-state index >= 15 is 0 Å². The van der Waals surface area contributed by atoms with Crippen molar-refractivity contribution in [3.05, 3.63) is 101 Å². The minimum atomic E-state index is -0.282. The lowest BCUT2D eigenvalue weighted by atomic mass is 9.67. The summed E-state index contributed by atoms with van der Waals surface area (Å²) in [7, 11) is 0. The number of hydrogen-bond donors (Lipinski definition) is 3. The number of rotatable bonds is 8. The van der Waals surface area contributed by atoms with Crippen LogP contribution in [0.4, 0.5) is 10.1 Å². The molecule has 2 aromatic rings. The third-order valence-electron chi connectivity index (χ3n) is 5.55. The van der Waals surface area contributed by atoms with Gasteiger partial charge in [-0.2, -0.15) is 0 Å². The molecule has 0 aliphatic heterocycles. The van der Waals surface area contributed by atoms with Gasteiger partial charge in [-0.15, -0.1) is 6.58 Å². The van der Waals surface area contributed by atoms with Gasteiger partial charge in [0.05, 0.1) is 0 Å². The Kier molecular flexibility index (Phi) is 6.45. The number of nitrogens with two attached hydrogens (primary N) is 1. The standard InChI is InChI=1S/C25H28FN3/c1-3-25(15-19-6-4-18(2)5-7-19)16-20(17-28)24(14-21(25)12-13-27)29-23-10-8-22(26)9-11-23/h3-11,14,17,28-29H,1,12-13,15-16,27H2,2H3. The van der Waals surface area contributed by atoms with E-state index in [-0.39, 0.29) is 11.2 Å². The molecule has 3 rings (SSSR count). The summed E-state index contributed by atoms with van der Waals surface area (Å²) in [5.74, 6) is -0.274. The summed E-state index contributed by atoms with van der Waals surface area (Å²) in [6, 6.07) is 14.8. The van der Waals surface area contributed by atoms with Gasteiger partial charge in [0.15, 0.2) is 0 Å². The molecule has 0 radical (unpaired) electrons. The lowest BCUT2D eigenvalue weighted by molar-refractivity contribution is 0.435. The van der Waals surface area contributed by atoms with Crippen molar-refractivity contribution in [1.82, 2.24) is 0 Å². The molecule has 0 amide bonds. The maximum absolute atomic E-state index is 13.2. The van der Waals surface area contributed by atoms with Crippen molar-refractivity contribution >= 4 is 11.9 Å². The number of hydrogen-bond acceptors (Lipinski definition) is 3. The van der Waals surface area contributed by atoms with Gasteiger partial charge in [0.25, 0.3) is 0 Å². The van der Waals surface area contributed by atoms with Crippen molar-refractivity contribution in [2.24, 2.45) is 11.1 Å². The number of allylic oxidation sites excluding steroid dienone is 3. The third kappa shape index (κ3) is 4.72. The van der Waals surface area contributed by atoms with Gasteiger partial charge in [-0.3, -0.25) is 0 Å². The maximum Gasteiger partial charge on any atom is 0.123 e. The van der Waals surface area contributed by atoms with Crippen LogP contribution < -0.4 is 11.1 Å². The number of aryl methyl sites for hydroxylation is 1. The summed E-state index contributed by atoms with van der Waals surface area (Å²) in [6.45, 7) is 6.77. The van der Waals surface area contributed by atoms with E-state index < -0.39 is 0 Å². The molecule has 1 aliphatic rings. The number of anilines is 1. The summed E-state index contributed by atoms with van der Waals surface area (Å²) in [4.78, 5) is 0. The highest BCUT2D eigenvalue weighted by molar-refractivity contribution is 5.81. The van der Waals surface area contributed by atoms with E-state index in [2.05, 4.69) is 49.2 Å². The first-order valence-electron chi connectivity index (χ1n) is 9.86. The van der Waals surface area contributed by atoms with E-state index in [1.54, 1.807) is 12.1 Å². The second-order valence-electron chi connectivity index (χ2n) is 7.62. The minimum Gasteiger partial charge on any atom is -0.355 e. The van der Waals surface area contributed by atoms with Gasteiger partial charge in [0.2, 0.25) is 0 Å². The quantitative estimate of drug-likeness (QED) is 0.410. The molecule has 0 fully saturated rings. The van der Waals surface area contributed by atoms with Crippen LogP contribution in [0.2, 0.25) is 0 Å². The molecule has 2 aromatic carbocycles. The van der Waals surface area contributed by atoms with Crippen molar-refractivity contribution in [3.8, 4) is 0 Å². The lowest BCUT2D eigenvalue weighted by Gasteiger charge is -2.38. The topological polar surface area (TPSA) is 61.9 Å². The van der Waals surface area contributed by atoms with E-state index in [9.17, 15) is 4.39 Å². The van der Waals surface area contributed by atoms with E-state index in [0.717, 1.165) is 29.8 Å². The Bertz CT molecular complexity index is 939. The zero-order valence-electron chi connectivity index (χ0n) is 16.8. The summed E-state index contributed by atoms with van der Waals surface area (Å²) >= 11 is 0. The van der Waals surface area contributed by atoms with Crippen LogP contribution in [0.5, 0.6) is 0 Å². The molecule has 1 atom stereocenters. The fraction of sp³-hybridized carbons (Fsp3) is 0.240. The average molecular weight is 390 g/mol. The van der Waals surface area contributed by atoms with Gasteiger partial charge >= 0.3 is 0 Å². The Hall–Kier alpha value is -2.98. The molecule has 4 heteroatoms. The molecule has 0 heterocycles. The van der Waals surface area contributed by atoms with E-state index in [4.69, 9.17) is 11.1 Å². The fourth-order valence-corrected chi connectivity index (χ4v) is 3.89. The van der Waals surface area contributed by atoms with Crippen LogP contribution in [0.15, 0.2) is 84.1 Å². The van der Waals surface area contributed by atoms with Crippen LogP contribution >= 0.6 is 0 Å². The van der Waals surface area contributed by atoms with E-state index in [0.29, 0.717) is 13.0 Å². The summed E-state index contributed by atoms with van der Waals surface area (Å²) in [5.41, 5.74) is 11.8. The van der Waals surface area contributed by atoms with Crippen LogP contribution in [0.3, 0.4) is 0 Å². The predicted octanol–water partition coefficient (Wildman–Crippen LogP) is 5.54. The van der Waals surface area contributed by atoms with Gasteiger partial charge in [0, 0.05) is 23.0 Å². The summed E-state index contributed by atoms with van der Waals surface area (Å²) < 4.78 is 13.2. The van der Waals surface area contributed by atoms with Crippen molar-refractivity contribution in [2.45, 2.75) is 26.2 Å². The van der Waals surface area contributed by atoms with Crippen molar-refractivity contribution in [3.63, 3.8) is 0 Å². The Morgan fingerprint density at radius 2 is 1.86 bits per heavy atom. The molecule has 29 heavy (non-hydrogen) atoms. The van der Waals surface area contributed by atoms with Gasteiger partial charge in [-0.1, -0.05) is 41.5 Å². The first-order chi connectivity index (χ1) is 14.0. The Balaban J connectivity index is 1.97. The van der Waals surface area contributed by atoms with Crippen LogP contribution in [0, 0.1) is 23.6 Å². The normalized spacial score (nSPS) is 18.9.